The van der Waals surface area contributed by atoms with Gasteiger partial charge in [-0.25, -0.2) is 4.98 Å². The molecule has 0 bridgehead atoms. The number of hydrogen-bond acceptors (Lipinski definition) is 3. The molecule has 0 saturated carbocycles. The summed E-state index contributed by atoms with van der Waals surface area (Å²) in [4.78, 5) is 8.21. The fraction of sp³-hybridized carbons (Fsp3) is 0.222. The molecule has 0 unspecified atom stereocenters. The molecule has 3 rings (SSSR count). The van der Waals surface area contributed by atoms with E-state index in [1.54, 1.807) is 12.4 Å². The van der Waals surface area contributed by atoms with Crippen molar-refractivity contribution in [2.24, 2.45) is 0 Å². The molecule has 2 heterocycles. The Morgan fingerprint density at radius 2 is 1.91 bits per heavy atom. The number of rotatable bonds is 6. The van der Waals surface area contributed by atoms with Crippen molar-refractivity contribution in [2.45, 2.75) is 19.5 Å². The SMILES string of the molecule is C[C@H](NCCn1ccnc1)c1ccc(-c2cccnc2)cc1. The molecular formula is C18H20N4. The Labute approximate surface area is 130 Å². The Kier molecular flexibility index (Phi) is 4.61. The van der Waals surface area contributed by atoms with E-state index in [2.05, 4.69) is 57.1 Å². The first kappa shape index (κ1) is 14.5. The predicted molar refractivity (Wildman–Crippen MR) is 88.3 cm³/mol. The quantitative estimate of drug-likeness (QED) is 0.758. The van der Waals surface area contributed by atoms with Crippen LogP contribution in [0.2, 0.25) is 0 Å². The smallest absolute Gasteiger partial charge is 0.0946 e. The van der Waals surface area contributed by atoms with Crippen molar-refractivity contribution in [3.63, 3.8) is 0 Å². The third-order valence-electron chi connectivity index (χ3n) is 3.79. The van der Waals surface area contributed by atoms with Crippen LogP contribution in [0.25, 0.3) is 11.1 Å². The molecule has 0 radical (unpaired) electrons. The maximum Gasteiger partial charge on any atom is 0.0946 e. The third-order valence-corrected chi connectivity index (χ3v) is 3.79. The third kappa shape index (κ3) is 3.59. The molecular weight excluding hydrogens is 272 g/mol. The lowest BCUT2D eigenvalue weighted by atomic mass is 10.0. The molecule has 4 heteroatoms. The Bertz CT molecular complexity index is 675. The Hall–Kier alpha value is -2.46. The van der Waals surface area contributed by atoms with Gasteiger partial charge in [0.2, 0.25) is 0 Å². The average Bonchev–Trinajstić information content (AvgIpc) is 3.09. The second-order valence-electron chi connectivity index (χ2n) is 5.34. The number of nitrogens with zero attached hydrogens (tertiary/aromatic N) is 3. The van der Waals surface area contributed by atoms with Crippen LogP contribution in [0.15, 0.2) is 67.5 Å². The number of aromatic nitrogens is 3. The van der Waals surface area contributed by atoms with Gasteiger partial charge in [-0.1, -0.05) is 30.3 Å². The van der Waals surface area contributed by atoms with Crippen molar-refractivity contribution in [2.75, 3.05) is 6.54 Å². The zero-order valence-electron chi connectivity index (χ0n) is 12.7. The second kappa shape index (κ2) is 7.00. The van der Waals surface area contributed by atoms with Crippen LogP contribution in [0.1, 0.15) is 18.5 Å². The molecule has 22 heavy (non-hydrogen) atoms. The van der Waals surface area contributed by atoms with Crippen LogP contribution >= 0.6 is 0 Å². The zero-order valence-corrected chi connectivity index (χ0v) is 12.7. The van der Waals surface area contributed by atoms with Crippen LogP contribution in [0.4, 0.5) is 0 Å². The minimum atomic E-state index is 0.325. The molecule has 0 aliphatic heterocycles. The summed E-state index contributed by atoms with van der Waals surface area (Å²) in [5, 5.41) is 3.54. The molecule has 0 aliphatic carbocycles. The van der Waals surface area contributed by atoms with Crippen molar-refractivity contribution in [3.05, 3.63) is 73.1 Å². The topological polar surface area (TPSA) is 42.7 Å². The minimum absolute atomic E-state index is 0.325. The van der Waals surface area contributed by atoms with E-state index in [9.17, 15) is 0 Å². The molecule has 0 spiro atoms. The van der Waals surface area contributed by atoms with Gasteiger partial charge in [0.05, 0.1) is 6.33 Å². The minimum Gasteiger partial charge on any atom is -0.336 e. The van der Waals surface area contributed by atoms with Crippen LogP contribution < -0.4 is 5.32 Å². The largest absolute Gasteiger partial charge is 0.336 e. The first-order chi connectivity index (χ1) is 10.8. The normalized spacial score (nSPS) is 12.2. The van der Waals surface area contributed by atoms with Gasteiger partial charge in [0.1, 0.15) is 0 Å². The molecule has 4 nitrogen and oxygen atoms in total. The summed E-state index contributed by atoms with van der Waals surface area (Å²) in [5.41, 5.74) is 3.63. The van der Waals surface area contributed by atoms with Gasteiger partial charge < -0.3 is 9.88 Å². The molecule has 1 N–H and O–H groups in total. The summed E-state index contributed by atoms with van der Waals surface area (Å²) in [5.74, 6) is 0. The highest BCUT2D eigenvalue weighted by Gasteiger charge is 2.05. The lowest BCUT2D eigenvalue weighted by Crippen LogP contribution is -2.22. The fourth-order valence-electron chi connectivity index (χ4n) is 2.44. The first-order valence-corrected chi connectivity index (χ1v) is 7.52. The van der Waals surface area contributed by atoms with Gasteiger partial charge in [-0.05, 0) is 29.7 Å². The summed E-state index contributed by atoms with van der Waals surface area (Å²) in [6.45, 7) is 4.03. The van der Waals surface area contributed by atoms with E-state index in [0.29, 0.717) is 6.04 Å². The van der Waals surface area contributed by atoms with Crippen molar-refractivity contribution >= 4 is 0 Å². The lowest BCUT2D eigenvalue weighted by Gasteiger charge is -2.15. The molecule has 1 aromatic carbocycles. The van der Waals surface area contributed by atoms with E-state index in [1.165, 1.54) is 11.1 Å². The summed E-state index contributed by atoms with van der Waals surface area (Å²) in [6.07, 6.45) is 9.32. The van der Waals surface area contributed by atoms with E-state index in [-0.39, 0.29) is 0 Å². The first-order valence-electron chi connectivity index (χ1n) is 7.52. The van der Waals surface area contributed by atoms with Crippen LogP contribution in [0, 0.1) is 0 Å². The van der Waals surface area contributed by atoms with Gasteiger partial charge in [0.25, 0.3) is 0 Å². The Morgan fingerprint density at radius 3 is 2.59 bits per heavy atom. The van der Waals surface area contributed by atoms with Crippen molar-refractivity contribution in [3.8, 4) is 11.1 Å². The molecule has 0 amide bonds. The lowest BCUT2D eigenvalue weighted by molar-refractivity contribution is 0.531. The van der Waals surface area contributed by atoms with Gasteiger partial charge in [-0.2, -0.15) is 0 Å². The van der Waals surface area contributed by atoms with E-state index in [4.69, 9.17) is 0 Å². The highest BCUT2D eigenvalue weighted by molar-refractivity contribution is 5.62. The highest BCUT2D eigenvalue weighted by atomic mass is 15.0. The summed E-state index contributed by atoms with van der Waals surface area (Å²) in [7, 11) is 0. The predicted octanol–water partition coefficient (Wildman–Crippen LogP) is 3.30. The maximum atomic E-state index is 4.16. The van der Waals surface area contributed by atoms with Gasteiger partial charge in [0.15, 0.2) is 0 Å². The molecule has 2 aromatic heterocycles. The van der Waals surface area contributed by atoms with Crippen LogP contribution in [0.3, 0.4) is 0 Å². The number of nitrogens with one attached hydrogen (secondary N) is 1. The van der Waals surface area contributed by atoms with E-state index >= 15 is 0 Å². The summed E-state index contributed by atoms with van der Waals surface area (Å²) in [6, 6.07) is 13.0. The Morgan fingerprint density at radius 1 is 1.05 bits per heavy atom. The van der Waals surface area contributed by atoms with Crippen LogP contribution in [-0.2, 0) is 6.54 Å². The van der Waals surface area contributed by atoms with Gasteiger partial charge in [0, 0.05) is 43.9 Å². The molecule has 1 atom stereocenters. The van der Waals surface area contributed by atoms with E-state index < -0.39 is 0 Å². The van der Waals surface area contributed by atoms with Crippen molar-refractivity contribution < 1.29 is 0 Å². The van der Waals surface area contributed by atoms with Crippen molar-refractivity contribution in [1.82, 2.24) is 19.9 Å². The standard InChI is InChI=1S/C18H20N4/c1-15(21-10-12-22-11-9-20-14-22)16-4-6-17(7-5-16)18-3-2-8-19-13-18/h2-9,11,13-15,21H,10,12H2,1H3/t15-/m0/s1. The van der Waals surface area contributed by atoms with E-state index in [1.807, 2.05) is 24.8 Å². The maximum absolute atomic E-state index is 4.16. The second-order valence-corrected chi connectivity index (χ2v) is 5.34. The summed E-state index contributed by atoms with van der Waals surface area (Å²) < 4.78 is 2.07. The number of benzene rings is 1. The number of hydrogen-bond donors (Lipinski definition) is 1. The van der Waals surface area contributed by atoms with Gasteiger partial charge in [-0.15, -0.1) is 0 Å². The zero-order chi connectivity index (χ0) is 15.2. The molecule has 112 valence electrons. The van der Waals surface area contributed by atoms with Crippen LogP contribution in [-0.4, -0.2) is 21.1 Å². The molecule has 0 fully saturated rings. The number of imidazole rings is 1. The monoisotopic (exact) mass is 292 g/mol. The van der Waals surface area contributed by atoms with Gasteiger partial charge in [-0.3, -0.25) is 4.98 Å². The average molecular weight is 292 g/mol. The Balaban J connectivity index is 1.57. The molecule has 3 aromatic rings. The highest BCUT2D eigenvalue weighted by Crippen LogP contribution is 2.21. The number of pyridine rings is 1. The summed E-state index contributed by atoms with van der Waals surface area (Å²) >= 11 is 0. The van der Waals surface area contributed by atoms with Crippen LogP contribution in [0.5, 0.6) is 0 Å². The molecule has 0 aliphatic rings. The fourth-order valence-corrected chi connectivity index (χ4v) is 2.44. The van der Waals surface area contributed by atoms with Crippen molar-refractivity contribution in [1.29, 1.82) is 0 Å². The van der Waals surface area contributed by atoms with Gasteiger partial charge >= 0.3 is 0 Å². The molecule has 0 saturated heterocycles. The van der Waals surface area contributed by atoms with E-state index in [0.717, 1.165) is 18.7 Å².